The van der Waals surface area contributed by atoms with Crippen molar-refractivity contribution in [2.75, 3.05) is 5.32 Å². The Kier molecular flexibility index (Phi) is 5.64. The number of anilines is 1. The highest BCUT2D eigenvalue weighted by Crippen LogP contribution is 2.32. The molecular formula is C19H19FN2O5S. The van der Waals surface area contributed by atoms with Crippen molar-refractivity contribution in [2.24, 2.45) is 0 Å². The van der Waals surface area contributed by atoms with Crippen LogP contribution < -0.4 is 14.8 Å². The molecule has 0 saturated carbocycles. The fraction of sp³-hybridized carbons (Fsp3) is 0.263. The Bertz CT molecular complexity index is 1020. The van der Waals surface area contributed by atoms with Crippen molar-refractivity contribution in [1.82, 2.24) is 4.72 Å². The molecule has 9 heteroatoms. The van der Waals surface area contributed by atoms with Crippen molar-refractivity contribution in [3.05, 3.63) is 53.8 Å². The maximum Gasteiger partial charge on any atom is 0.265 e. The summed E-state index contributed by atoms with van der Waals surface area (Å²) in [5.41, 5.74) is 0.547. The van der Waals surface area contributed by atoms with Gasteiger partial charge in [-0.15, -0.1) is 0 Å². The van der Waals surface area contributed by atoms with Gasteiger partial charge in [0.15, 0.2) is 6.10 Å². The van der Waals surface area contributed by atoms with Gasteiger partial charge >= 0.3 is 0 Å². The van der Waals surface area contributed by atoms with E-state index in [1.807, 2.05) is 4.72 Å². The van der Waals surface area contributed by atoms with Crippen LogP contribution in [-0.2, 0) is 26.0 Å². The van der Waals surface area contributed by atoms with E-state index in [2.05, 4.69) is 5.32 Å². The van der Waals surface area contributed by atoms with Crippen LogP contribution in [0.5, 0.6) is 5.75 Å². The average molecular weight is 406 g/mol. The number of nitrogens with one attached hydrogen (secondary N) is 2. The van der Waals surface area contributed by atoms with E-state index in [1.54, 1.807) is 13.0 Å². The molecule has 3 rings (SSSR count). The largest absolute Gasteiger partial charge is 0.478 e. The molecule has 2 N–H and O–H groups in total. The van der Waals surface area contributed by atoms with E-state index in [4.69, 9.17) is 4.74 Å². The smallest absolute Gasteiger partial charge is 0.265 e. The first-order chi connectivity index (χ1) is 13.3. The summed E-state index contributed by atoms with van der Waals surface area (Å²) < 4.78 is 46.0. The normalized spacial score (nSPS) is 15.9. The summed E-state index contributed by atoms with van der Waals surface area (Å²) in [6.07, 6.45) is -0.277. The summed E-state index contributed by atoms with van der Waals surface area (Å²) in [7, 11) is -4.14. The van der Waals surface area contributed by atoms with Gasteiger partial charge in [-0.25, -0.2) is 17.5 Å². The zero-order chi connectivity index (χ0) is 20.3. The van der Waals surface area contributed by atoms with Crippen molar-refractivity contribution in [2.45, 2.75) is 37.2 Å². The van der Waals surface area contributed by atoms with Gasteiger partial charge < -0.3 is 10.1 Å². The fourth-order valence-corrected chi connectivity index (χ4v) is 3.81. The van der Waals surface area contributed by atoms with Gasteiger partial charge in [-0.05, 0) is 42.7 Å². The van der Waals surface area contributed by atoms with E-state index in [9.17, 15) is 22.4 Å². The molecule has 7 nitrogen and oxygen atoms in total. The number of fused-ring (bicyclic) bond motifs is 1. The molecule has 0 fully saturated rings. The minimum Gasteiger partial charge on any atom is -0.478 e. The van der Waals surface area contributed by atoms with Crippen LogP contribution in [0.2, 0.25) is 0 Å². The molecule has 1 heterocycles. The third-order valence-electron chi connectivity index (χ3n) is 4.28. The van der Waals surface area contributed by atoms with Gasteiger partial charge in [0.1, 0.15) is 11.6 Å². The van der Waals surface area contributed by atoms with Gasteiger partial charge in [0.2, 0.25) is 5.91 Å². The Hall–Kier alpha value is -2.94. The van der Waals surface area contributed by atoms with Gasteiger partial charge in [-0.3, -0.25) is 9.59 Å². The molecule has 0 unspecified atom stereocenters. The maximum absolute atomic E-state index is 13.6. The first-order valence-corrected chi connectivity index (χ1v) is 10.2. The average Bonchev–Trinajstić information content (AvgIpc) is 2.66. The maximum atomic E-state index is 13.6. The second-order valence-electron chi connectivity index (χ2n) is 6.28. The van der Waals surface area contributed by atoms with Crippen LogP contribution in [0, 0.1) is 5.82 Å². The minimum absolute atomic E-state index is 0.0700. The summed E-state index contributed by atoms with van der Waals surface area (Å²) in [6, 6.07) is 9.92. The number of hydrogen-bond donors (Lipinski definition) is 2. The number of carbonyl (C=O) groups is 2. The number of sulfonamides is 1. The third kappa shape index (κ3) is 4.30. The van der Waals surface area contributed by atoms with Gasteiger partial charge in [0.25, 0.3) is 15.9 Å². The first kappa shape index (κ1) is 19.8. The summed E-state index contributed by atoms with van der Waals surface area (Å²) in [5, 5.41) is 2.60. The van der Waals surface area contributed by atoms with Gasteiger partial charge in [0, 0.05) is 6.42 Å². The summed E-state index contributed by atoms with van der Waals surface area (Å²) in [6.45, 7) is 1.80. The van der Waals surface area contributed by atoms with Gasteiger partial charge in [-0.1, -0.05) is 25.1 Å². The Morgan fingerprint density at radius 2 is 2.00 bits per heavy atom. The molecule has 148 valence electrons. The molecule has 1 aliphatic heterocycles. The second-order valence-corrected chi connectivity index (χ2v) is 7.96. The molecule has 28 heavy (non-hydrogen) atoms. The predicted molar refractivity (Wildman–Crippen MR) is 99.8 cm³/mol. The van der Waals surface area contributed by atoms with Crippen LogP contribution in [0.4, 0.5) is 10.1 Å². The number of amides is 2. The van der Waals surface area contributed by atoms with Crippen LogP contribution >= 0.6 is 0 Å². The summed E-state index contributed by atoms with van der Waals surface area (Å²) >= 11 is 0. The fourth-order valence-electron chi connectivity index (χ4n) is 2.77. The molecule has 0 saturated heterocycles. The second kappa shape index (κ2) is 7.97. The van der Waals surface area contributed by atoms with Gasteiger partial charge in [0.05, 0.1) is 10.6 Å². The molecule has 1 aliphatic rings. The Balaban J connectivity index is 1.69. The van der Waals surface area contributed by atoms with E-state index < -0.39 is 27.9 Å². The molecule has 0 spiro atoms. The van der Waals surface area contributed by atoms with Crippen LogP contribution in [0.25, 0.3) is 0 Å². The Morgan fingerprint density at radius 1 is 1.25 bits per heavy atom. The molecule has 0 aliphatic carbocycles. The minimum atomic E-state index is -4.14. The Morgan fingerprint density at radius 3 is 2.71 bits per heavy atom. The Labute approximate surface area is 161 Å². The molecule has 1 atom stereocenters. The van der Waals surface area contributed by atoms with Crippen LogP contribution in [0.1, 0.15) is 25.3 Å². The molecule has 0 bridgehead atoms. The highest BCUT2D eigenvalue weighted by Gasteiger charge is 2.28. The molecule has 2 amide bonds. The lowest BCUT2D eigenvalue weighted by atomic mass is 10.1. The number of halogens is 1. The summed E-state index contributed by atoms with van der Waals surface area (Å²) in [5.74, 6) is -1.21. The highest BCUT2D eigenvalue weighted by molar-refractivity contribution is 7.90. The standard InChI is InChI=1S/C19H19FN2O5S/c1-2-16-19(24)21-15-11-13(8-9-17(15)27-16)28(25,26)22-18(23)10-7-12-5-3-4-6-14(12)20/h3-6,8-9,11,16H,2,7,10H2,1H3,(H,21,24)(H,22,23)/t16-/m1/s1. The van der Waals surface area contributed by atoms with Crippen molar-refractivity contribution >= 4 is 27.5 Å². The van der Waals surface area contributed by atoms with Gasteiger partial charge in [-0.2, -0.15) is 0 Å². The summed E-state index contributed by atoms with van der Waals surface area (Å²) in [4.78, 5) is 23.7. The van der Waals surface area contributed by atoms with E-state index in [0.717, 1.165) is 0 Å². The van der Waals surface area contributed by atoms with E-state index in [-0.39, 0.29) is 29.3 Å². The zero-order valence-electron chi connectivity index (χ0n) is 15.1. The SMILES string of the molecule is CC[C@H]1Oc2ccc(S(=O)(=O)NC(=O)CCc3ccccc3F)cc2NC1=O. The number of hydrogen-bond acceptors (Lipinski definition) is 5. The van der Waals surface area contributed by atoms with E-state index in [1.165, 1.54) is 36.4 Å². The lowest BCUT2D eigenvalue weighted by Crippen LogP contribution is -2.36. The van der Waals surface area contributed by atoms with Crippen molar-refractivity contribution in [3.8, 4) is 5.75 Å². The number of benzene rings is 2. The first-order valence-electron chi connectivity index (χ1n) is 8.71. The topological polar surface area (TPSA) is 102 Å². The number of aryl methyl sites for hydroxylation is 1. The predicted octanol–water partition coefficient (Wildman–Crippen LogP) is 2.37. The lowest BCUT2D eigenvalue weighted by molar-refractivity contribution is -0.123. The molecule has 2 aromatic rings. The quantitative estimate of drug-likeness (QED) is 0.767. The number of ether oxygens (including phenoxy) is 1. The molecule has 0 radical (unpaired) electrons. The lowest BCUT2D eigenvalue weighted by Gasteiger charge is -2.25. The van der Waals surface area contributed by atoms with Crippen LogP contribution in [0.3, 0.4) is 0 Å². The number of carbonyl (C=O) groups excluding carboxylic acids is 2. The van der Waals surface area contributed by atoms with E-state index in [0.29, 0.717) is 17.7 Å². The monoisotopic (exact) mass is 406 g/mol. The zero-order valence-corrected chi connectivity index (χ0v) is 15.9. The van der Waals surface area contributed by atoms with Crippen molar-refractivity contribution in [1.29, 1.82) is 0 Å². The van der Waals surface area contributed by atoms with Crippen molar-refractivity contribution in [3.63, 3.8) is 0 Å². The highest BCUT2D eigenvalue weighted by atomic mass is 32.2. The molecule has 0 aromatic heterocycles. The van der Waals surface area contributed by atoms with Crippen LogP contribution in [-0.4, -0.2) is 26.3 Å². The number of rotatable bonds is 6. The molecular weight excluding hydrogens is 387 g/mol. The van der Waals surface area contributed by atoms with E-state index >= 15 is 0 Å². The van der Waals surface area contributed by atoms with Crippen LogP contribution in [0.15, 0.2) is 47.4 Å². The third-order valence-corrected chi connectivity index (χ3v) is 5.65. The molecule has 2 aromatic carbocycles. The van der Waals surface area contributed by atoms with Crippen molar-refractivity contribution < 1.29 is 27.1 Å².